The highest BCUT2D eigenvalue weighted by molar-refractivity contribution is 14.0. The molecule has 0 unspecified atom stereocenters. The Hall–Kier alpha value is -1.61. The first kappa shape index (κ1) is 20.7. The van der Waals surface area contributed by atoms with Crippen molar-refractivity contribution in [2.45, 2.75) is 13.5 Å². The molecule has 1 aromatic carbocycles. The van der Waals surface area contributed by atoms with Crippen molar-refractivity contribution in [1.82, 2.24) is 20.2 Å². The summed E-state index contributed by atoms with van der Waals surface area (Å²) < 4.78 is 0. The van der Waals surface area contributed by atoms with Gasteiger partial charge in [-0.1, -0.05) is 23.7 Å². The van der Waals surface area contributed by atoms with Crippen LogP contribution >= 0.6 is 35.6 Å². The van der Waals surface area contributed by atoms with Gasteiger partial charge in [-0.15, -0.1) is 24.0 Å². The average Bonchev–Trinajstić information content (AvgIpc) is 2.66. The molecule has 1 saturated heterocycles. The Kier molecular flexibility index (Phi) is 8.37. The number of nitrogens with one attached hydrogen (secondary N) is 1. The molecule has 0 amide bonds. The summed E-state index contributed by atoms with van der Waals surface area (Å²) in [6, 6.07) is 9.68. The van der Waals surface area contributed by atoms with Gasteiger partial charge in [0.2, 0.25) is 5.95 Å². The molecule has 0 atom stereocenters. The summed E-state index contributed by atoms with van der Waals surface area (Å²) in [5.74, 6) is 1.74. The van der Waals surface area contributed by atoms with Crippen LogP contribution in [0.3, 0.4) is 0 Å². The fraction of sp³-hybridized carbons (Fsp3) is 0.389. The maximum absolute atomic E-state index is 6.05. The molecule has 2 aromatic rings. The molecule has 6 nitrogen and oxygen atoms in total. The third kappa shape index (κ3) is 5.70. The van der Waals surface area contributed by atoms with Crippen molar-refractivity contribution in [2.75, 3.05) is 37.6 Å². The van der Waals surface area contributed by atoms with Gasteiger partial charge in [-0.05, 0) is 30.7 Å². The molecule has 1 fully saturated rings. The number of benzene rings is 1. The summed E-state index contributed by atoms with van der Waals surface area (Å²) in [5.41, 5.74) is 1.11. The predicted molar refractivity (Wildman–Crippen MR) is 118 cm³/mol. The zero-order valence-corrected chi connectivity index (χ0v) is 17.9. The van der Waals surface area contributed by atoms with E-state index in [4.69, 9.17) is 16.6 Å². The van der Waals surface area contributed by atoms with E-state index in [1.165, 1.54) is 0 Å². The van der Waals surface area contributed by atoms with Gasteiger partial charge in [0.15, 0.2) is 5.96 Å². The lowest BCUT2D eigenvalue weighted by atomic mass is 10.2. The molecule has 0 bridgehead atoms. The Morgan fingerprint density at radius 3 is 2.54 bits per heavy atom. The summed E-state index contributed by atoms with van der Waals surface area (Å²) in [6.07, 6.45) is 3.57. The number of hydrogen-bond acceptors (Lipinski definition) is 4. The van der Waals surface area contributed by atoms with E-state index in [0.717, 1.165) is 55.2 Å². The standard InChI is InChI=1S/C18H23ClN6.HI/c1-2-20-17(23-14-15-5-3-6-16(19)13-15)24-9-11-25(12-10-24)18-21-7-4-8-22-18;/h3-8,13H,2,9-12,14H2,1H3,(H,20,23);1H. The van der Waals surface area contributed by atoms with Crippen molar-refractivity contribution >= 4 is 47.5 Å². The molecule has 8 heteroatoms. The van der Waals surface area contributed by atoms with E-state index in [0.29, 0.717) is 6.54 Å². The minimum absolute atomic E-state index is 0. The van der Waals surface area contributed by atoms with Crippen LogP contribution < -0.4 is 10.2 Å². The van der Waals surface area contributed by atoms with Crippen LogP contribution in [0.5, 0.6) is 0 Å². The molecule has 2 heterocycles. The number of guanidine groups is 1. The fourth-order valence-electron chi connectivity index (χ4n) is 2.80. The first-order chi connectivity index (χ1) is 12.3. The van der Waals surface area contributed by atoms with E-state index < -0.39 is 0 Å². The van der Waals surface area contributed by atoms with E-state index in [1.54, 1.807) is 12.4 Å². The first-order valence-electron chi connectivity index (χ1n) is 8.56. The van der Waals surface area contributed by atoms with E-state index in [9.17, 15) is 0 Å². The van der Waals surface area contributed by atoms with Crippen LogP contribution in [0, 0.1) is 0 Å². The molecule has 0 radical (unpaired) electrons. The van der Waals surface area contributed by atoms with Crippen molar-refractivity contribution in [3.05, 3.63) is 53.3 Å². The molecule has 1 aliphatic heterocycles. The van der Waals surface area contributed by atoms with E-state index in [1.807, 2.05) is 30.3 Å². The molecule has 0 spiro atoms. The molecule has 0 saturated carbocycles. The molecule has 1 aliphatic rings. The Bertz CT molecular complexity index is 704. The summed E-state index contributed by atoms with van der Waals surface area (Å²) in [4.78, 5) is 17.9. The monoisotopic (exact) mass is 486 g/mol. The zero-order chi connectivity index (χ0) is 17.5. The number of aliphatic imine (C=N–C) groups is 1. The second kappa shape index (κ2) is 10.5. The highest BCUT2D eigenvalue weighted by Gasteiger charge is 2.20. The van der Waals surface area contributed by atoms with E-state index in [2.05, 4.69) is 32.0 Å². The zero-order valence-electron chi connectivity index (χ0n) is 14.8. The van der Waals surface area contributed by atoms with Crippen LogP contribution in [0.4, 0.5) is 5.95 Å². The van der Waals surface area contributed by atoms with Crippen molar-refractivity contribution < 1.29 is 0 Å². The van der Waals surface area contributed by atoms with Gasteiger partial charge in [0.05, 0.1) is 6.54 Å². The summed E-state index contributed by atoms with van der Waals surface area (Å²) in [7, 11) is 0. The summed E-state index contributed by atoms with van der Waals surface area (Å²) in [6.45, 7) is 7.08. The normalized spacial score (nSPS) is 14.8. The van der Waals surface area contributed by atoms with Crippen LogP contribution in [-0.4, -0.2) is 53.6 Å². The Morgan fingerprint density at radius 2 is 1.88 bits per heavy atom. The predicted octanol–water partition coefficient (Wildman–Crippen LogP) is 3.04. The Morgan fingerprint density at radius 1 is 1.15 bits per heavy atom. The van der Waals surface area contributed by atoms with Crippen LogP contribution in [-0.2, 0) is 6.54 Å². The van der Waals surface area contributed by atoms with Crippen molar-refractivity contribution in [2.24, 2.45) is 4.99 Å². The van der Waals surface area contributed by atoms with Crippen LogP contribution in [0.15, 0.2) is 47.7 Å². The highest BCUT2D eigenvalue weighted by Crippen LogP contribution is 2.13. The molecular formula is C18H24ClIN6. The van der Waals surface area contributed by atoms with E-state index in [-0.39, 0.29) is 24.0 Å². The lowest BCUT2D eigenvalue weighted by molar-refractivity contribution is 0.370. The summed E-state index contributed by atoms with van der Waals surface area (Å²) >= 11 is 6.05. The lowest BCUT2D eigenvalue weighted by Gasteiger charge is -2.36. The van der Waals surface area contributed by atoms with Gasteiger partial charge >= 0.3 is 0 Å². The molecule has 0 aliphatic carbocycles. The topological polar surface area (TPSA) is 56.7 Å². The lowest BCUT2D eigenvalue weighted by Crippen LogP contribution is -2.52. The number of anilines is 1. The number of hydrogen-bond donors (Lipinski definition) is 1. The molecular weight excluding hydrogens is 463 g/mol. The van der Waals surface area contributed by atoms with Gasteiger partial charge in [0.25, 0.3) is 0 Å². The van der Waals surface area contributed by atoms with Gasteiger partial charge in [0, 0.05) is 50.1 Å². The Balaban J connectivity index is 0.00000243. The highest BCUT2D eigenvalue weighted by atomic mass is 127. The molecule has 3 rings (SSSR count). The number of nitrogens with zero attached hydrogens (tertiary/aromatic N) is 5. The second-order valence-corrected chi connectivity index (χ2v) is 6.26. The number of piperazine rings is 1. The van der Waals surface area contributed by atoms with Gasteiger partial charge in [0.1, 0.15) is 0 Å². The van der Waals surface area contributed by atoms with Gasteiger partial charge in [-0.25, -0.2) is 15.0 Å². The number of aromatic nitrogens is 2. The number of halogens is 2. The third-order valence-corrected chi connectivity index (χ3v) is 4.28. The van der Waals surface area contributed by atoms with Crippen LogP contribution in [0.1, 0.15) is 12.5 Å². The molecule has 1 N–H and O–H groups in total. The largest absolute Gasteiger partial charge is 0.357 e. The van der Waals surface area contributed by atoms with Crippen LogP contribution in [0.25, 0.3) is 0 Å². The van der Waals surface area contributed by atoms with Gasteiger partial charge in [-0.3, -0.25) is 0 Å². The maximum Gasteiger partial charge on any atom is 0.225 e. The SMILES string of the molecule is CCNC(=NCc1cccc(Cl)c1)N1CCN(c2ncccn2)CC1.I. The first-order valence-corrected chi connectivity index (χ1v) is 8.93. The smallest absolute Gasteiger partial charge is 0.225 e. The van der Waals surface area contributed by atoms with Crippen molar-refractivity contribution in [3.8, 4) is 0 Å². The maximum atomic E-state index is 6.05. The average molecular weight is 487 g/mol. The molecule has 140 valence electrons. The van der Waals surface area contributed by atoms with Gasteiger partial charge in [-0.2, -0.15) is 0 Å². The quantitative estimate of drug-likeness (QED) is 0.409. The molecule has 1 aromatic heterocycles. The molecule has 26 heavy (non-hydrogen) atoms. The van der Waals surface area contributed by atoms with Crippen molar-refractivity contribution in [1.29, 1.82) is 0 Å². The third-order valence-electron chi connectivity index (χ3n) is 4.05. The summed E-state index contributed by atoms with van der Waals surface area (Å²) in [5, 5.41) is 4.13. The van der Waals surface area contributed by atoms with Gasteiger partial charge < -0.3 is 15.1 Å². The van der Waals surface area contributed by atoms with E-state index >= 15 is 0 Å². The minimum Gasteiger partial charge on any atom is -0.357 e. The van der Waals surface area contributed by atoms with Crippen molar-refractivity contribution in [3.63, 3.8) is 0 Å². The second-order valence-electron chi connectivity index (χ2n) is 5.82. The fourth-order valence-corrected chi connectivity index (χ4v) is 3.01. The van der Waals surface area contributed by atoms with Crippen LogP contribution in [0.2, 0.25) is 5.02 Å². The Labute approximate surface area is 176 Å². The minimum atomic E-state index is 0. The number of rotatable bonds is 4.